The van der Waals surface area contributed by atoms with Crippen molar-refractivity contribution in [2.75, 3.05) is 7.11 Å². The van der Waals surface area contributed by atoms with E-state index in [-0.39, 0.29) is 28.3 Å². The number of ether oxygens (including phenoxy) is 1. The number of halogens is 5. The van der Waals surface area contributed by atoms with Crippen LogP contribution in [0.2, 0.25) is 0 Å². The molecule has 3 aromatic carbocycles. The summed E-state index contributed by atoms with van der Waals surface area (Å²) >= 11 is 0. The Labute approximate surface area is 224 Å². The molecule has 0 spiro atoms. The van der Waals surface area contributed by atoms with Crippen molar-refractivity contribution in [3.8, 4) is 5.75 Å². The first-order chi connectivity index (χ1) is 19.2. The number of hydrogen-bond acceptors (Lipinski definition) is 3. The van der Waals surface area contributed by atoms with Crippen molar-refractivity contribution in [2.45, 2.75) is 5.92 Å². The minimum Gasteiger partial charge on any atom is -0.497 e. The van der Waals surface area contributed by atoms with Gasteiger partial charge in [-0.25, -0.2) is 22.0 Å². The number of aromatic amines is 2. The molecule has 1 atom stereocenters. The van der Waals surface area contributed by atoms with Crippen LogP contribution in [-0.4, -0.2) is 28.6 Å². The Morgan fingerprint density at radius 1 is 0.600 bits per heavy atom. The lowest BCUT2D eigenvalue weighted by atomic mass is 9.91. The fourth-order valence-corrected chi connectivity index (χ4v) is 4.42. The second-order valence-corrected chi connectivity index (χ2v) is 8.82. The molecule has 5 rings (SSSR count). The summed E-state index contributed by atoms with van der Waals surface area (Å²) in [6.45, 7) is 0. The highest BCUT2D eigenvalue weighted by molar-refractivity contribution is 6.08. The first kappa shape index (κ1) is 26.6. The van der Waals surface area contributed by atoms with E-state index in [2.05, 4.69) is 9.97 Å². The fraction of sp³-hybridized carbons (Fsp3) is 0.0667. The molecular formula is C30H19F5N2O3. The third kappa shape index (κ3) is 4.68. The molecule has 2 N–H and O–H groups in total. The van der Waals surface area contributed by atoms with Gasteiger partial charge in [0.25, 0.3) is 0 Å². The topological polar surface area (TPSA) is 75.0 Å². The van der Waals surface area contributed by atoms with Crippen LogP contribution in [0.4, 0.5) is 22.0 Å². The van der Waals surface area contributed by atoms with E-state index >= 15 is 8.78 Å². The van der Waals surface area contributed by atoms with Gasteiger partial charge < -0.3 is 14.7 Å². The Morgan fingerprint density at radius 3 is 1.52 bits per heavy atom. The van der Waals surface area contributed by atoms with Gasteiger partial charge in [-0.1, -0.05) is 30.3 Å². The third-order valence-electron chi connectivity index (χ3n) is 6.45. The summed E-state index contributed by atoms with van der Waals surface area (Å²) < 4.78 is 77.6. The zero-order chi connectivity index (χ0) is 28.6. The van der Waals surface area contributed by atoms with Crippen molar-refractivity contribution in [1.82, 2.24) is 9.97 Å². The Kier molecular flexibility index (Phi) is 7.08. The summed E-state index contributed by atoms with van der Waals surface area (Å²) in [5, 5.41) is 0. The van der Waals surface area contributed by atoms with Crippen LogP contribution in [0, 0.1) is 29.1 Å². The van der Waals surface area contributed by atoms with E-state index in [0.717, 1.165) is 0 Å². The van der Waals surface area contributed by atoms with E-state index in [0.29, 0.717) is 11.3 Å². The lowest BCUT2D eigenvalue weighted by Crippen LogP contribution is -2.15. The number of methoxy groups -OCH3 is 1. The molecule has 5 nitrogen and oxygen atoms in total. The second-order valence-electron chi connectivity index (χ2n) is 8.82. The molecule has 0 aliphatic rings. The summed E-state index contributed by atoms with van der Waals surface area (Å²) in [5.74, 6) is -12.7. The van der Waals surface area contributed by atoms with Gasteiger partial charge in [-0.2, -0.15) is 0 Å². The minimum absolute atomic E-state index is 0.00109. The maximum Gasteiger partial charge on any atom is 0.209 e. The van der Waals surface area contributed by atoms with Crippen LogP contribution in [-0.2, 0) is 0 Å². The van der Waals surface area contributed by atoms with Crippen LogP contribution in [0.5, 0.6) is 5.75 Å². The summed E-state index contributed by atoms with van der Waals surface area (Å²) in [4.78, 5) is 31.5. The van der Waals surface area contributed by atoms with Crippen molar-refractivity contribution in [1.29, 1.82) is 0 Å². The lowest BCUT2D eigenvalue weighted by Gasteiger charge is -2.18. The lowest BCUT2D eigenvalue weighted by molar-refractivity contribution is 0.102. The van der Waals surface area contributed by atoms with Crippen LogP contribution < -0.4 is 4.74 Å². The molecule has 0 aliphatic heterocycles. The molecule has 1 unspecified atom stereocenters. The largest absolute Gasteiger partial charge is 0.497 e. The normalized spacial score (nSPS) is 11.8. The third-order valence-corrected chi connectivity index (χ3v) is 6.45. The molecule has 40 heavy (non-hydrogen) atoms. The number of aromatic nitrogens is 2. The van der Waals surface area contributed by atoms with Gasteiger partial charge in [0.2, 0.25) is 17.4 Å². The highest BCUT2D eigenvalue weighted by atomic mass is 19.2. The number of ketones is 2. The zero-order valence-electron chi connectivity index (χ0n) is 20.7. The SMILES string of the molecule is COc1ccc(C(=O)c2ccc(C(c3ccc(C(=O)c4ccccc4)[nH]3)c3c(F)c(F)c(F)c(F)c3F)[nH]2)cc1. The Bertz CT molecular complexity index is 1700. The quantitative estimate of drug-likeness (QED) is 0.0979. The number of nitrogens with one attached hydrogen (secondary N) is 2. The van der Waals surface area contributed by atoms with Crippen LogP contribution in [0.25, 0.3) is 0 Å². The van der Waals surface area contributed by atoms with Crippen LogP contribution in [0.3, 0.4) is 0 Å². The number of H-pyrrole nitrogens is 2. The summed E-state index contributed by atoms with van der Waals surface area (Å²) in [7, 11) is 1.47. The van der Waals surface area contributed by atoms with Crippen molar-refractivity contribution in [2.24, 2.45) is 0 Å². The van der Waals surface area contributed by atoms with E-state index < -0.39 is 52.1 Å². The first-order valence-corrected chi connectivity index (χ1v) is 11.9. The molecule has 0 fully saturated rings. The average Bonchev–Trinajstić information content (AvgIpc) is 3.68. The summed E-state index contributed by atoms with van der Waals surface area (Å²) in [5.41, 5.74) is -0.651. The molecule has 0 amide bonds. The molecule has 2 heterocycles. The maximum absolute atomic E-state index is 15.1. The number of hydrogen-bond donors (Lipinski definition) is 2. The van der Waals surface area contributed by atoms with Gasteiger partial charge in [0.15, 0.2) is 23.3 Å². The van der Waals surface area contributed by atoms with Crippen LogP contribution in [0.1, 0.15) is 55.0 Å². The standard InChI is InChI=1S/C30H19F5N2O3/c1-40-17-9-7-16(8-10-17)30(39)21-14-12-19(37-21)22(23-24(31)26(33)28(35)27(34)25(23)32)18-11-13-20(36-18)29(38)15-5-3-2-4-6-15/h2-14,22,36-37H,1H3. The summed E-state index contributed by atoms with van der Waals surface area (Å²) in [6, 6.07) is 19.6. The molecule has 0 saturated carbocycles. The summed E-state index contributed by atoms with van der Waals surface area (Å²) in [6.07, 6.45) is 0. The van der Waals surface area contributed by atoms with E-state index in [1.54, 1.807) is 42.5 Å². The van der Waals surface area contributed by atoms with E-state index in [1.807, 2.05) is 0 Å². The number of rotatable bonds is 8. The minimum atomic E-state index is -2.30. The molecule has 10 heteroatoms. The van der Waals surface area contributed by atoms with Gasteiger partial charge in [0, 0.05) is 28.1 Å². The van der Waals surface area contributed by atoms with E-state index in [1.165, 1.54) is 43.5 Å². The van der Waals surface area contributed by atoms with E-state index in [4.69, 9.17) is 4.74 Å². The molecule has 0 bridgehead atoms. The smallest absolute Gasteiger partial charge is 0.209 e. The van der Waals surface area contributed by atoms with Gasteiger partial charge in [0.05, 0.1) is 24.4 Å². The number of carbonyl (C=O) groups excluding carboxylic acids is 2. The van der Waals surface area contributed by atoms with Gasteiger partial charge in [-0.3, -0.25) is 9.59 Å². The molecule has 5 aromatic rings. The Balaban J connectivity index is 1.62. The molecular weight excluding hydrogens is 531 g/mol. The van der Waals surface area contributed by atoms with Crippen molar-refractivity contribution >= 4 is 11.6 Å². The molecule has 0 radical (unpaired) electrons. The Morgan fingerprint density at radius 2 is 1.05 bits per heavy atom. The highest BCUT2D eigenvalue weighted by Gasteiger charge is 2.34. The van der Waals surface area contributed by atoms with Crippen molar-refractivity contribution < 1.29 is 36.3 Å². The molecule has 0 saturated heterocycles. The monoisotopic (exact) mass is 550 g/mol. The number of carbonyl (C=O) groups is 2. The van der Waals surface area contributed by atoms with Crippen molar-refractivity contribution in [3.63, 3.8) is 0 Å². The predicted molar refractivity (Wildman–Crippen MR) is 135 cm³/mol. The molecule has 202 valence electrons. The maximum atomic E-state index is 15.1. The van der Waals surface area contributed by atoms with Gasteiger partial charge >= 0.3 is 0 Å². The first-order valence-electron chi connectivity index (χ1n) is 11.9. The highest BCUT2D eigenvalue weighted by Crippen LogP contribution is 2.37. The van der Waals surface area contributed by atoms with Crippen molar-refractivity contribution in [3.05, 3.63) is 147 Å². The van der Waals surface area contributed by atoms with Crippen LogP contribution >= 0.6 is 0 Å². The van der Waals surface area contributed by atoms with Gasteiger partial charge in [-0.15, -0.1) is 0 Å². The average molecular weight is 550 g/mol. The van der Waals surface area contributed by atoms with E-state index in [9.17, 15) is 22.8 Å². The van der Waals surface area contributed by atoms with Gasteiger partial charge in [0.1, 0.15) is 5.75 Å². The number of benzene rings is 3. The molecule has 0 aliphatic carbocycles. The van der Waals surface area contributed by atoms with Gasteiger partial charge in [-0.05, 0) is 48.5 Å². The second kappa shape index (κ2) is 10.6. The predicted octanol–water partition coefficient (Wildman–Crippen LogP) is 6.69. The fourth-order valence-electron chi connectivity index (χ4n) is 4.42. The molecule has 2 aromatic heterocycles. The van der Waals surface area contributed by atoms with Crippen LogP contribution in [0.15, 0.2) is 78.9 Å². The Hall–Kier alpha value is -4.99. The zero-order valence-corrected chi connectivity index (χ0v) is 20.7.